The standard InChI is InChI=1S/C26H31ClN4O2/c1-26(2,3)33-25(32)29-21-10-4-17(5-11-21)16-22-23(18-12-14-28-15-13-18)24(31-30-22)19-6-8-20(27)9-7-19/h6-9,12-15,17,21H,4-5,10-11,16H2,1-3H3,(H,29,32)(H,30,31)/t17-,21+. The van der Waals surface area contributed by atoms with Gasteiger partial charge in [0.2, 0.25) is 0 Å². The molecule has 1 aliphatic rings. The average molecular weight is 467 g/mol. The molecule has 174 valence electrons. The van der Waals surface area contributed by atoms with E-state index in [4.69, 9.17) is 16.3 Å². The zero-order valence-electron chi connectivity index (χ0n) is 19.4. The predicted octanol–water partition coefficient (Wildman–Crippen LogP) is 6.42. The van der Waals surface area contributed by atoms with Crippen LogP contribution >= 0.6 is 11.6 Å². The van der Waals surface area contributed by atoms with Gasteiger partial charge in [-0.25, -0.2) is 4.79 Å². The van der Waals surface area contributed by atoms with Crippen molar-refractivity contribution < 1.29 is 9.53 Å². The Morgan fingerprint density at radius 2 is 1.73 bits per heavy atom. The number of aromatic amines is 1. The lowest BCUT2D eigenvalue weighted by molar-refractivity contribution is 0.0487. The molecule has 3 aromatic rings. The first-order valence-electron chi connectivity index (χ1n) is 11.5. The van der Waals surface area contributed by atoms with Gasteiger partial charge < -0.3 is 10.1 Å². The van der Waals surface area contributed by atoms with Crippen LogP contribution in [0.1, 0.15) is 52.1 Å². The molecule has 0 radical (unpaired) electrons. The van der Waals surface area contributed by atoms with E-state index < -0.39 is 5.60 Å². The van der Waals surface area contributed by atoms with Crippen molar-refractivity contribution in [3.8, 4) is 22.4 Å². The van der Waals surface area contributed by atoms with Crippen molar-refractivity contribution in [2.45, 2.75) is 64.5 Å². The first-order valence-corrected chi connectivity index (χ1v) is 11.9. The molecule has 6 nitrogen and oxygen atoms in total. The van der Waals surface area contributed by atoms with E-state index >= 15 is 0 Å². The van der Waals surface area contributed by atoms with Crippen LogP contribution in [0.5, 0.6) is 0 Å². The number of rotatable bonds is 5. The number of alkyl carbamates (subject to hydrolysis) is 1. The van der Waals surface area contributed by atoms with Crippen molar-refractivity contribution in [1.29, 1.82) is 0 Å². The normalized spacial score (nSPS) is 18.7. The number of hydrogen-bond donors (Lipinski definition) is 2. The largest absolute Gasteiger partial charge is 0.444 e. The summed E-state index contributed by atoms with van der Waals surface area (Å²) in [6.45, 7) is 5.64. The van der Waals surface area contributed by atoms with Crippen molar-refractivity contribution in [2.24, 2.45) is 5.92 Å². The van der Waals surface area contributed by atoms with Gasteiger partial charge in [-0.05, 0) is 88.6 Å². The maximum Gasteiger partial charge on any atom is 0.407 e. The highest BCUT2D eigenvalue weighted by atomic mass is 35.5. The molecule has 4 rings (SSSR count). The van der Waals surface area contributed by atoms with Crippen LogP contribution in [0.15, 0.2) is 48.8 Å². The number of H-pyrrole nitrogens is 1. The van der Waals surface area contributed by atoms with Crippen LogP contribution in [0, 0.1) is 5.92 Å². The summed E-state index contributed by atoms with van der Waals surface area (Å²) < 4.78 is 5.40. The van der Waals surface area contributed by atoms with E-state index in [1.54, 1.807) is 0 Å². The number of ether oxygens (including phenoxy) is 1. The third kappa shape index (κ3) is 6.14. The molecule has 1 saturated carbocycles. The van der Waals surface area contributed by atoms with Crippen LogP contribution in [-0.4, -0.2) is 32.9 Å². The number of amides is 1. The van der Waals surface area contributed by atoms with Gasteiger partial charge in [-0.2, -0.15) is 5.10 Å². The molecule has 33 heavy (non-hydrogen) atoms. The van der Waals surface area contributed by atoms with Gasteiger partial charge in [-0.1, -0.05) is 23.7 Å². The Hall–Kier alpha value is -2.86. The maximum atomic E-state index is 12.1. The fourth-order valence-corrected chi connectivity index (χ4v) is 4.57. The van der Waals surface area contributed by atoms with Crippen molar-refractivity contribution in [2.75, 3.05) is 0 Å². The first-order chi connectivity index (χ1) is 15.8. The van der Waals surface area contributed by atoms with Gasteiger partial charge in [0, 0.05) is 40.3 Å². The second kappa shape index (κ2) is 9.96. The second-order valence-electron chi connectivity index (χ2n) is 9.74. The van der Waals surface area contributed by atoms with Gasteiger partial charge >= 0.3 is 6.09 Å². The Kier molecular flexibility index (Phi) is 7.03. The van der Waals surface area contributed by atoms with Crippen LogP contribution in [0.25, 0.3) is 22.4 Å². The average Bonchev–Trinajstić information content (AvgIpc) is 3.18. The number of benzene rings is 1. The van der Waals surface area contributed by atoms with Crippen molar-refractivity contribution >= 4 is 17.7 Å². The lowest BCUT2D eigenvalue weighted by Crippen LogP contribution is -2.41. The Labute approximate surface area is 200 Å². The molecule has 0 unspecified atom stereocenters. The molecule has 0 aliphatic heterocycles. The second-order valence-corrected chi connectivity index (χ2v) is 10.2. The highest BCUT2D eigenvalue weighted by Crippen LogP contribution is 2.36. The van der Waals surface area contributed by atoms with Crippen molar-refractivity contribution in [1.82, 2.24) is 20.5 Å². The zero-order chi connectivity index (χ0) is 23.4. The minimum absolute atomic E-state index is 0.169. The molecule has 1 aliphatic carbocycles. The Morgan fingerprint density at radius 1 is 1.06 bits per heavy atom. The molecule has 7 heteroatoms. The summed E-state index contributed by atoms with van der Waals surface area (Å²) in [4.78, 5) is 16.3. The summed E-state index contributed by atoms with van der Waals surface area (Å²) >= 11 is 6.09. The molecule has 0 saturated heterocycles. The molecule has 1 amide bonds. The number of nitrogens with one attached hydrogen (secondary N) is 2. The summed E-state index contributed by atoms with van der Waals surface area (Å²) in [6.07, 6.45) is 8.21. The highest BCUT2D eigenvalue weighted by Gasteiger charge is 2.27. The number of carbonyl (C=O) groups is 1. The monoisotopic (exact) mass is 466 g/mol. The van der Waals surface area contributed by atoms with Gasteiger partial charge in [0.05, 0.1) is 0 Å². The molecule has 0 spiro atoms. The van der Waals surface area contributed by atoms with Gasteiger partial charge in [-0.15, -0.1) is 0 Å². The van der Waals surface area contributed by atoms with E-state index in [9.17, 15) is 4.79 Å². The number of hydrogen-bond acceptors (Lipinski definition) is 4. The van der Waals surface area contributed by atoms with Gasteiger partial charge in [0.15, 0.2) is 0 Å². The van der Waals surface area contributed by atoms with Crippen molar-refractivity contribution in [3.05, 3.63) is 59.5 Å². The molecular weight excluding hydrogens is 436 g/mol. The summed E-state index contributed by atoms with van der Waals surface area (Å²) in [7, 11) is 0. The minimum atomic E-state index is -0.479. The lowest BCUT2D eigenvalue weighted by atomic mass is 9.82. The van der Waals surface area contributed by atoms with E-state index in [2.05, 4.69) is 20.5 Å². The van der Waals surface area contributed by atoms with Crippen molar-refractivity contribution in [3.63, 3.8) is 0 Å². The fraction of sp³-hybridized carbons (Fsp3) is 0.423. The van der Waals surface area contributed by atoms with E-state index in [-0.39, 0.29) is 12.1 Å². The molecule has 0 bridgehead atoms. The minimum Gasteiger partial charge on any atom is -0.444 e. The summed E-state index contributed by atoms with van der Waals surface area (Å²) in [5.74, 6) is 0.529. The summed E-state index contributed by atoms with van der Waals surface area (Å²) in [5.41, 5.74) is 4.82. The summed E-state index contributed by atoms with van der Waals surface area (Å²) in [6, 6.07) is 12.0. The Bertz CT molecular complexity index is 1070. The van der Waals surface area contributed by atoms with Gasteiger partial charge in [0.25, 0.3) is 0 Å². The zero-order valence-corrected chi connectivity index (χ0v) is 20.2. The van der Waals surface area contributed by atoms with E-state index in [0.29, 0.717) is 10.9 Å². The third-order valence-corrected chi connectivity index (χ3v) is 6.24. The summed E-state index contributed by atoms with van der Waals surface area (Å²) in [5, 5.41) is 11.7. The highest BCUT2D eigenvalue weighted by molar-refractivity contribution is 6.30. The number of pyridine rings is 1. The van der Waals surface area contributed by atoms with E-state index in [0.717, 1.165) is 60.2 Å². The predicted molar refractivity (Wildman–Crippen MR) is 131 cm³/mol. The molecule has 2 aromatic heterocycles. The van der Waals surface area contributed by atoms with Crippen LogP contribution in [0.2, 0.25) is 5.02 Å². The lowest BCUT2D eigenvalue weighted by Gasteiger charge is -2.30. The molecule has 1 aromatic carbocycles. The van der Waals surface area contributed by atoms with Crippen LogP contribution in [-0.2, 0) is 11.2 Å². The number of carbonyl (C=O) groups excluding carboxylic acids is 1. The fourth-order valence-electron chi connectivity index (χ4n) is 4.45. The van der Waals surface area contributed by atoms with Gasteiger partial charge in [0.1, 0.15) is 11.3 Å². The van der Waals surface area contributed by atoms with Crippen LogP contribution in [0.3, 0.4) is 0 Å². The first kappa shape index (κ1) is 23.3. The molecule has 2 N–H and O–H groups in total. The quantitative estimate of drug-likeness (QED) is 0.454. The Balaban J connectivity index is 1.47. The number of halogens is 1. The smallest absolute Gasteiger partial charge is 0.407 e. The van der Waals surface area contributed by atoms with Crippen LogP contribution in [0.4, 0.5) is 4.79 Å². The third-order valence-electron chi connectivity index (χ3n) is 5.99. The molecule has 2 heterocycles. The Morgan fingerprint density at radius 3 is 2.36 bits per heavy atom. The van der Waals surface area contributed by atoms with E-state index in [1.165, 1.54) is 0 Å². The molecular formula is C26H31ClN4O2. The maximum absolute atomic E-state index is 12.1. The topological polar surface area (TPSA) is 79.9 Å². The SMILES string of the molecule is CC(C)(C)OC(=O)N[C@H]1CC[C@@H](Cc2[nH]nc(-c3ccc(Cl)cc3)c2-c2ccncc2)CC1. The molecule has 1 fully saturated rings. The van der Waals surface area contributed by atoms with E-state index in [1.807, 2.05) is 69.6 Å². The molecule has 0 atom stereocenters. The van der Waals surface area contributed by atoms with Gasteiger partial charge in [-0.3, -0.25) is 10.1 Å². The van der Waals surface area contributed by atoms with Crippen LogP contribution < -0.4 is 5.32 Å². The number of aromatic nitrogens is 3. The number of nitrogens with zero attached hydrogens (tertiary/aromatic N) is 2.